The van der Waals surface area contributed by atoms with Gasteiger partial charge in [-0.05, 0) is 94.3 Å². The van der Waals surface area contributed by atoms with Crippen molar-refractivity contribution in [2.24, 2.45) is 0 Å². The summed E-state index contributed by atoms with van der Waals surface area (Å²) in [6, 6.07) is 36.3. The summed E-state index contributed by atoms with van der Waals surface area (Å²) in [5.74, 6) is 0.585. The van der Waals surface area contributed by atoms with Crippen LogP contribution in [0.3, 0.4) is 0 Å². The van der Waals surface area contributed by atoms with E-state index in [1.165, 1.54) is 0 Å². The van der Waals surface area contributed by atoms with Gasteiger partial charge in [0, 0.05) is 10.9 Å². The highest BCUT2D eigenvalue weighted by Gasteiger charge is 2.20. The van der Waals surface area contributed by atoms with Crippen molar-refractivity contribution in [1.82, 2.24) is 0 Å². The van der Waals surface area contributed by atoms with E-state index in [4.69, 9.17) is 9.90 Å². The molecule has 1 heterocycles. The summed E-state index contributed by atoms with van der Waals surface area (Å²) < 4.78 is 79.5. The lowest BCUT2D eigenvalue weighted by atomic mass is 9.84. The lowest BCUT2D eigenvalue weighted by Crippen LogP contribution is -1.91. The predicted octanol–water partition coefficient (Wildman–Crippen LogP) is 13.2. The average Bonchev–Trinajstić information content (AvgIpc) is 3.67. The van der Waals surface area contributed by atoms with Crippen molar-refractivity contribution < 1.29 is 15.4 Å². The molecule has 1 aromatic heterocycles. The zero-order valence-corrected chi connectivity index (χ0v) is 25.0. The molecular formula is C46H28O. The quantitative estimate of drug-likeness (QED) is 0.144. The highest BCUT2D eigenvalue weighted by Crippen LogP contribution is 2.47. The molecule has 0 atom stereocenters. The van der Waals surface area contributed by atoms with Crippen LogP contribution in [0.5, 0.6) is 0 Å². The van der Waals surface area contributed by atoms with Crippen molar-refractivity contribution in [1.29, 1.82) is 0 Å². The third-order valence-electron chi connectivity index (χ3n) is 9.30. The Balaban J connectivity index is 1.37. The molecule has 0 amide bonds. The molecule has 10 aromatic rings. The molecule has 0 spiro atoms. The molecule has 0 bridgehead atoms. The average molecular weight is 605 g/mol. The Morgan fingerprint density at radius 1 is 0.383 bits per heavy atom. The molecule has 0 aliphatic heterocycles. The van der Waals surface area contributed by atoms with Crippen LogP contribution >= 0.6 is 0 Å². The topological polar surface area (TPSA) is 13.1 Å². The third kappa shape index (κ3) is 3.97. The second-order valence-corrected chi connectivity index (χ2v) is 11.8. The Bertz CT molecular complexity index is 3220. The maximum Gasteiger partial charge on any atom is 0.135 e. The summed E-state index contributed by atoms with van der Waals surface area (Å²) in [6.07, 6.45) is 0. The van der Waals surface area contributed by atoms with E-state index in [9.17, 15) is 5.48 Å². The van der Waals surface area contributed by atoms with E-state index in [0.717, 1.165) is 37.9 Å². The molecule has 10 rings (SSSR count). The van der Waals surface area contributed by atoms with Crippen molar-refractivity contribution in [2.45, 2.75) is 0 Å². The number of furan rings is 1. The Labute approximate surface area is 283 Å². The molecule has 47 heavy (non-hydrogen) atoms. The van der Waals surface area contributed by atoms with Crippen molar-refractivity contribution in [3.8, 4) is 33.6 Å². The SMILES string of the molecule is [2H]c1c([2H])c([2H])c2c(-c3cccc4oc(-c5ccc6ccc7ccccc7c6c5)cc34)c3c([2H])c([2H])c([2H])c([2H])c3c(-c3cccc4ccccc34)c2c1[2H]. The number of rotatable bonds is 3. The van der Waals surface area contributed by atoms with Crippen LogP contribution in [0.4, 0.5) is 0 Å². The van der Waals surface area contributed by atoms with Crippen LogP contribution in [-0.4, -0.2) is 0 Å². The first-order chi connectivity index (χ1) is 26.6. The van der Waals surface area contributed by atoms with Gasteiger partial charge in [-0.3, -0.25) is 0 Å². The molecule has 0 saturated carbocycles. The van der Waals surface area contributed by atoms with Gasteiger partial charge in [0.15, 0.2) is 0 Å². The smallest absolute Gasteiger partial charge is 0.135 e. The van der Waals surface area contributed by atoms with Crippen molar-refractivity contribution >= 4 is 64.8 Å². The highest BCUT2D eigenvalue weighted by molar-refractivity contribution is 6.25. The molecule has 0 fully saturated rings. The van der Waals surface area contributed by atoms with E-state index in [1.54, 1.807) is 6.07 Å². The van der Waals surface area contributed by atoms with Crippen molar-refractivity contribution in [3.05, 3.63) is 170 Å². The summed E-state index contributed by atoms with van der Waals surface area (Å²) in [6.45, 7) is 0. The summed E-state index contributed by atoms with van der Waals surface area (Å²) in [5, 5.41) is 7.39. The molecule has 0 unspecified atom stereocenters. The second-order valence-electron chi connectivity index (χ2n) is 11.8. The molecule has 218 valence electrons. The summed E-state index contributed by atoms with van der Waals surface area (Å²) in [4.78, 5) is 0. The first-order valence-electron chi connectivity index (χ1n) is 19.5. The first kappa shape index (κ1) is 19.4. The number of benzene rings is 9. The van der Waals surface area contributed by atoms with Gasteiger partial charge in [0.2, 0.25) is 0 Å². The van der Waals surface area contributed by atoms with Crippen molar-refractivity contribution in [3.63, 3.8) is 0 Å². The van der Waals surface area contributed by atoms with Gasteiger partial charge >= 0.3 is 0 Å². The molecule has 0 radical (unpaired) electrons. The fourth-order valence-electron chi connectivity index (χ4n) is 7.18. The van der Waals surface area contributed by atoms with Gasteiger partial charge in [-0.15, -0.1) is 0 Å². The molecular weight excluding hydrogens is 569 g/mol. The van der Waals surface area contributed by atoms with E-state index in [1.807, 2.05) is 78.9 Å². The van der Waals surface area contributed by atoms with Crippen LogP contribution in [0.1, 0.15) is 11.0 Å². The van der Waals surface area contributed by atoms with E-state index < -0.39 is 24.2 Å². The summed E-state index contributed by atoms with van der Waals surface area (Å²) in [7, 11) is 0. The summed E-state index contributed by atoms with van der Waals surface area (Å²) >= 11 is 0. The van der Waals surface area contributed by atoms with Crippen molar-refractivity contribution in [2.75, 3.05) is 0 Å². The van der Waals surface area contributed by atoms with E-state index in [-0.39, 0.29) is 51.3 Å². The van der Waals surface area contributed by atoms with Gasteiger partial charge in [0.1, 0.15) is 11.3 Å². The third-order valence-corrected chi connectivity index (χ3v) is 9.30. The van der Waals surface area contributed by atoms with Gasteiger partial charge in [-0.2, -0.15) is 0 Å². The molecule has 0 saturated heterocycles. The molecule has 0 N–H and O–H groups in total. The fourth-order valence-corrected chi connectivity index (χ4v) is 7.18. The van der Waals surface area contributed by atoms with Gasteiger partial charge in [0.05, 0.1) is 11.0 Å². The van der Waals surface area contributed by atoms with Crippen LogP contribution in [-0.2, 0) is 0 Å². The van der Waals surface area contributed by atoms with Crippen LogP contribution in [0, 0.1) is 0 Å². The minimum absolute atomic E-state index is 0.166. The predicted molar refractivity (Wildman–Crippen MR) is 200 cm³/mol. The monoisotopic (exact) mass is 604 g/mol. The Kier molecular flexibility index (Phi) is 4.19. The number of hydrogen-bond donors (Lipinski definition) is 0. The summed E-state index contributed by atoms with van der Waals surface area (Å²) in [5.41, 5.74) is 3.10. The van der Waals surface area contributed by atoms with E-state index in [0.29, 0.717) is 33.4 Å². The van der Waals surface area contributed by atoms with E-state index in [2.05, 4.69) is 36.4 Å². The van der Waals surface area contributed by atoms with Crippen LogP contribution in [0.25, 0.3) is 98.4 Å². The minimum Gasteiger partial charge on any atom is -0.456 e. The molecule has 0 aliphatic rings. The first-order valence-corrected chi connectivity index (χ1v) is 15.5. The maximum atomic E-state index is 9.42. The minimum atomic E-state index is -0.439. The standard InChI is InChI=1S/C46H28O/c1-3-14-33-29(11-1)13-9-20-35(33)45-36-16-5-7-18-38(36)46(39-19-8-6-17-37(39)45)40-21-10-22-43-42(40)28-44(47-43)32-26-25-31-24-23-30-12-2-4-15-34(30)41(31)27-32/h1-28H/i5D,6D,7D,8D,16D,17D,18D,19D. The van der Waals surface area contributed by atoms with Crippen LogP contribution in [0.15, 0.2) is 174 Å². The highest BCUT2D eigenvalue weighted by atomic mass is 16.3. The molecule has 9 aromatic carbocycles. The van der Waals surface area contributed by atoms with Crippen LogP contribution < -0.4 is 0 Å². The molecule has 0 aliphatic carbocycles. The van der Waals surface area contributed by atoms with Gasteiger partial charge in [0.25, 0.3) is 0 Å². The zero-order valence-electron chi connectivity index (χ0n) is 33.0. The fraction of sp³-hybridized carbons (Fsp3) is 0. The maximum absolute atomic E-state index is 9.42. The van der Waals surface area contributed by atoms with Gasteiger partial charge < -0.3 is 4.42 Å². The second kappa shape index (κ2) is 10.2. The number of hydrogen-bond acceptors (Lipinski definition) is 1. The molecule has 1 nitrogen and oxygen atoms in total. The van der Waals surface area contributed by atoms with E-state index >= 15 is 0 Å². The zero-order chi connectivity index (χ0) is 37.9. The largest absolute Gasteiger partial charge is 0.456 e. The number of fused-ring (bicyclic) bond motifs is 7. The van der Waals surface area contributed by atoms with Gasteiger partial charge in [-0.25, -0.2) is 0 Å². The molecule has 1 heteroatoms. The van der Waals surface area contributed by atoms with Crippen LogP contribution in [0.2, 0.25) is 0 Å². The Morgan fingerprint density at radius 2 is 0.894 bits per heavy atom. The van der Waals surface area contributed by atoms with Gasteiger partial charge in [-0.1, -0.05) is 151 Å². The Morgan fingerprint density at radius 3 is 1.57 bits per heavy atom. The lowest BCUT2D eigenvalue weighted by Gasteiger charge is -2.19. The lowest BCUT2D eigenvalue weighted by molar-refractivity contribution is 0.632. The normalized spacial score (nSPS) is 14.2. The Hall–Kier alpha value is -6.18.